The van der Waals surface area contributed by atoms with E-state index in [-0.39, 0.29) is 5.75 Å². The summed E-state index contributed by atoms with van der Waals surface area (Å²) in [5.74, 6) is 0.750. The van der Waals surface area contributed by atoms with Crippen LogP contribution < -0.4 is 5.32 Å². The molecule has 0 saturated heterocycles. The second-order valence-electron chi connectivity index (χ2n) is 4.69. The van der Waals surface area contributed by atoms with E-state index in [1.165, 1.54) is 11.3 Å². The van der Waals surface area contributed by atoms with Crippen LogP contribution in [-0.2, 0) is 13.0 Å². The Kier molecular flexibility index (Phi) is 4.61. The molecule has 0 unspecified atom stereocenters. The van der Waals surface area contributed by atoms with Gasteiger partial charge in [0.05, 0.1) is 0 Å². The van der Waals surface area contributed by atoms with Crippen molar-refractivity contribution in [2.24, 2.45) is 5.92 Å². The summed E-state index contributed by atoms with van der Waals surface area (Å²) in [6.07, 6.45) is 0.927. The third kappa shape index (κ3) is 3.81. The summed E-state index contributed by atoms with van der Waals surface area (Å²) in [4.78, 5) is 0. The summed E-state index contributed by atoms with van der Waals surface area (Å²) in [5.41, 5.74) is 0.671. The molecule has 1 aromatic heterocycles. The largest absolute Gasteiger partial charge is 0.508 e. The molecule has 1 aromatic carbocycles. The van der Waals surface area contributed by atoms with Crippen molar-refractivity contribution in [3.8, 4) is 5.75 Å². The average Bonchev–Trinajstić information content (AvgIpc) is 2.75. The summed E-state index contributed by atoms with van der Waals surface area (Å²) < 4.78 is 0. The SMILES string of the molecule is CC(C)Cc1nnc(NCc2c(O)cccc2Cl)s1. The fraction of sp³-hybridized carbons (Fsp3) is 0.385. The number of aromatic nitrogens is 2. The molecule has 0 saturated carbocycles. The molecule has 0 aliphatic heterocycles. The van der Waals surface area contributed by atoms with E-state index in [4.69, 9.17) is 11.6 Å². The van der Waals surface area contributed by atoms with Crippen LogP contribution in [0.5, 0.6) is 5.75 Å². The standard InChI is InChI=1S/C13H16ClN3OS/c1-8(2)6-12-16-17-13(19-12)15-7-9-10(14)4-3-5-11(9)18/h3-5,8,18H,6-7H2,1-2H3,(H,15,17). The Morgan fingerprint density at radius 2 is 2.16 bits per heavy atom. The summed E-state index contributed by atoms with van der Waals surface area (Å²) in [6, 6.07) is 5.09. The lowest BCUT2D eigenvalue weighted by molar-refractivity contribution is 0.469. The molecule has 0 aliphatic carbocycles. The van der Waals surface area contributed by atoms with Crippen molar-refractivity contribution in [3.63, 3.8) is 0 Å². The molecule has 0 spiro atoms. The summed E-state index contributed by atoms with van der Waals surface area (Å²) in [7, 11) is 0. The highest BCUT2D eigenvalue weighted by atomic mass is 35.5. The molecular weight excluding hydrogens is 282 g/mol. The second kappa shape index (κ2) is 6.21. The monoisotopic (exact) mass is 297 g/mol. The van der Waals surface area contributed by atoms with Gasteiger partial charge in [0.15, 0.2) is 0 Å². The van der Waals surface area contributed by atoms with Crippen molar-refractivity contribution < 1.29 is 5.11 Å². The maximum absolute atomic E-state index is 9.74. The van der Waals surface area contributed by atoms with Gasteiger partial charge in [-0.15, -0.1) is 10.2 Å². The Morgan fingerprint density at radius 1 is 1.37 bits per heavy atom. The Labute approximate surface area is 121 Å². The number of hydrogen-bond acceptors (Lipinski definition) is 5. The molecule has 4 nitrogen and oxygen atoms in total. The van der Waals surface area contributed by atoms with E-state index < -0.39 is 0 Å². The van der Waals surface area contributed by atoms with Crippen LogP contribution in [0.15, 0.2) is 18.2 Å². The van der Waals surface area contributed by atoms with Gasteiger partial charge in [-0.25, -0.2) is 0 Å². The molecule has 0 radical (unpaired) electrons. The number of anilines is 1. The fourth-order valence-corrected chi connectivity index (χ4v) is 2.83. The van der Waals surface area contributed by atoms with Crippen molar-refractivity contribution in [2.45, 2.75) is 26.8 Å². The lowest BCUT2D eigenvalue weighted by atomic mass is 10.1. The number of hydrogen-bond donors (Lipinski definition) is 2. The summed E-state index contributed by atoms with van der Waals surface area (Å²) in [6.45, 7) is 4.73. The van der Waals surface area contributed by atoms with Gasteiger partial charge in [0.25, 0.3) is 0 Å². The number of phenols is 1. The number of rotatable bonds is 5. The third-order valence-corrected chi connectivity index (χ3v) is 3.82. The van der Waals surface area contributed by atoms with Gasteiger partial charge in [0.2, 0.25) is 5.13 Å². The third-order valence-electron chi connectivity index (χ3n) is 2.56. The van der Waals surface area contributed by atoms with Gasteiger partial charge in [-0.1, -0.05) is 42.9 Å². The number of phenolic OH excluding ortho intramolecular Hbond substituents is 1. The molecule has 19 heavy (non-hydrogen) atoms. The van der Waals surface area contributed by atoms with Crippen LogP contribution in [0.3, 0.4) is 0 Å². The van der Waals surface area contributed by atoms with E-state index in [1.807, 2.05) is 0 Å². The zero-order valence-electron chi connectivity index (χ0n) is 10.9. The minimum atomic E-state index is 0.187. The number of nitrogens with one attached hydrogen (secondary N) is 1. The smallest absolute Gasteiger partial charge is 0.205 e. The molecule has 2 N–H and O–H groups in total. The van der Waals surface area contributed by atoms with Crippen LogP contribution >= 0.6 is 22.9 Å². The maximum Gasteiger partial charge on any atom is 0.205 e. The minimum Gasteiger partial charge on any atom is -0.508 e. The molecule has 102 valence electrons. The second-order valence-corrected chi connectivity index (χ2v) is 6.16. The van der Waals surface area contributed by atoms with Crippen molar-refractivity contribution in [1.82, 2.24) is 10.2 Å². The number of benzene rings is 1. The predicted molar refractivity (Wildman–Crippen MR) is 78.9 cm³/mol. The van der Waals surface area contributed by atoms with Crippen LogP contribution in [0.4, 0.5) is 5.13 Å². The summed E-state index contributed by atoms with van der Waals surface area (Å²) >= 11 is 7.57. The van der Waals surface area contributed by atoms with Crippen LogP contribution in [-0.4, -0.2) is 15.3 Å². The van der Waals surface area contributed by atoms with Crippen LogP contribution in [0, 0.1) is 5.92 Å². The first-order valence-electron chi connectivity index (χ1n) is 6.09. The van der Waals surface area contributed by atoms with E-state index in [9.17, 15) is 5.11 Å². The highest BCUT2D eigenvalue weighted by Crippen LogP contribution is 2.27. The Bertz CT molecular complexity index is 536. The van der Waals surface area contributed by atoms with Crippen LogP contribution in [0.25, 0.3) is 0 Å². The fourth-order valence-electron chi connectivity index (χ4n) is 1.64. The topological polar surface area (TPSA) is 58.0 Å². The summed E-state index contributed by atoms with van der Waals surface area (Å²) in [5, 5.41) is 23.4. The molecule has 0 atom stereocenters. The van der Waals surface area contributed by atoms with Gasteiger partial charge >= 0.3 is 0 Å². The molecule has 1 heterocycles. The highest BCUT2D eigenvalue weighted by Gasteiger charge is 2.09. The van der Waals surface area contributed by atoms with E-state index in [0.717, 1.165) is 16.6 Å². The first-order chi connectivity index (χ1) is 9.06. The van der Waals surface area contributed by atoms with Crippen molar-refractivity contribution in [3.05, 3.63) is 33.8 Å². The van der Waals surface area contributed by atoms with Crippen molar-refractivity contribution in [2.75, 3.05) is 5.32 Å². The number of aromatic hydroxyl groups is 1. The van der Waals surface area contributed by atoms with Gasteiger partial charge < -0.3 is 10.4 Å². The zero-order valence-corrected chi connectivity index (χ0v) is 12.4. The van der Waals surface area contributed by atoms with Crippen molar-refractivity contribution in [1.29, 1.82) is 0 Å². The first kappa shape index (κ1) is 14.1. The molecule has 2 rings (SSSR count). The molecule has 0 fully saturated rings. The number of nitrogens with zero attached hydrogens (tertiary/aromatic N) is 2. The predicted octanol–water partition coefficient (Wildman–Crippen LogP) is 3.71. The van der Waals surface area contributed by atoms with Gasteiger partial charge in [0, 0.05) is 23.6 Å². The van der Waals surface area contributed by atoms with Gasteiger partial charge in [0.1, 0.15) is 10.8 Å². The van der Waals surface area contributed by atoms with E-state index >= 15 is 0 Å². The van der Waals surface area contributed by atoms with Crippen LogP contribution in [0.2, 0.25) is 5.02 Å². The first-order valence-corrected chi connectivity index (χ1v) is 7.28. The number of halogens is 1. The molecule has 2 aromatic rings. The Morgan fingerprint density at radius 3 is 2.84 bits per heavy atom. The molecule has 6 heteroatoms. The molecular formula is C13H16ClN3OS. The Hall–Kier alpha value is -1.33. The Balaban J connectivity index is 2.01. The van der Waals surface area contributed by atoms with E-state index in [0.29, 0.717) is 23.0 Å². The van der Waals surface area contributed by atoms with E-state index in [1.54, 1.807) is 18.2 Å². The maximum atomic E-state index is 9.74. The molecule has 0 aliphatic rings. The molecule has 0 bridgehead atoms. The van der Waals surface area contributed by atoms with Crippen LogP contribution in [0.1, 0.15) is 24.4 Å². The van der Waals surface area contributed by atoms with Gasteiger partial charge in [-0.05, 0) is 18.1 Å². The van der Waals surface area contributed by atoms with Gasteiger partial charge in [-0.3, -0.25) is 0 Å². The highest BCUT2D eigenvalue weighted by molar-refractivity contribution is 7.15. The lowest BCUT2D eigenvalue weighted by Crippen LogP contribution is -2.00. The van der Waals surface area contributed by atoms with Crippen molar-refractivity contribution >= 4 is 28.1 Å². The lowest BCUT2D eigenvalue weighted by Gasteiger charge is -2.06. The zero-order chi connectivity index (χ0) is 13.8. The van der Waals surface area contributed by atoms with E-state index in [2.05, 4.69) is 29.4 Å². The molecule has 0 amide bonds. The van der Waals surface area contributed by atoms with Gasteiger partial charge in [-0.2, -0.15) is 0 Å². The normalized spacial score (nSPS) is 10.9. The quantitative estimate of drug-likeness (QED) is 0.883. The average molecular weight is 298 g/mol. The minimum absolute atomic E-state index is 0.187.